The molecule has 0 bridgehead atoms. The second-order valence-corrected chi connectivity index (χ2v) is 7.28. The SMILES string of the molecule is C=CCOCCC(=O)N[C@@H](C)C(O)CN[C@H]1CCCc2ccc(CC)cc21. The molecule has 0 aromatic heterocycles. The maximum absolute atomic E-state index is 11.9. The fraction of sp³-hybridized carbons (Fsp3) is 0.591. The smallest absolute Gasteiger partial charge is 0.222 e. The second-order valence-electron chi connectivity index (χ2n) is 7.28. The third-order valence-corrected chi connectivity index (χ3v) is 5.18. The zero-order chi connectivity index (χ0) is 19.6. The summed E-state index contributed by atoms with van der Waals surface area (Å²) in [5, 5.41) is 16.8. The Hall–Kier alpha value is -1.69. The van der Waals surface area contributed by atoms with Crippen LogP contribution in [0.15, 0.2) is 30.9 Å². The van der Waals surface area contributed by atoms with E-state index in [-0.39, 0.29) is 24.4 Å². The van der Waals surface area contributed by atoms with Crippen molar-refractivity contribution in [1.82, 2.24) is 10.6 Å². The van der Waals surface area contributed by atoms with Crippen LogP contribution in [0, 0.1) is 0 Å². The number of aliphatic hydroxyl groups is 1. The van der Waals surface area contributed by atoms with Crippen molar-refractivity contribution in [2.75, 3.05) is 19.8 Å². The van der Waals surface area contributed by atoms with E-state index in [1.54, 1.807) is 6.08 Å². The van der Waals surface area contributed by atoms with Crippen molar-refractivity contribution < 1.29 is 14.6 Å². The van der Waals surface area contributed by atoms with Crippen molar-refractivity contribution in [3.8, 4) is 0 Å². The molecule has 5 nitrogen and oxygen atoms in total. The molecule has 0 saturated heterocycles. The maximum atomic E-state index is 11.9. The van der Waals surface area contributed by atoms with Crippen molar-refractivity contribution in [3.05, 3.63) is 47.5 Å². The van der Waals surface area contributed by atoms with Crippen LogP contribution in [0.25, 0.3) is 0 Å². The van der Waals surface area contributed by atoms with Crippen LogP contribution in [0.1, 0.15) is 55.8 Å². The highest BCUT2D eigenvalue weighted by molar-refractivity contribution is 5.76. The first-order valence-corrected chi connectivity index (χ1v) is 10.1. The largest absolute Gasteiger partial charge is 0.390 e. The average Bonchev–Trinajstić information content (AvgIpc) is 2.68. The highest BCUT2D eigenvalue weighted by Gasteiger charge is 2.23. The van der Waals surface area contributed by atoms with Crippen LogP contribution < -0.4 is 10.6 Å². The molecule has 0 aliphatic heterocycles. The van der Waals surface area contributed by atoms with E-state index in [4.69, 9.17) is 4.74 Å². The van der Waals surface area contributed by atoms with Crippen molar-refractivity contribution in [3.63, 3.8) is 0 Å². The molecule has 1 aliphatic rings. The molecular formula is C22H34N2O3. The highest BCUT2D eigenvalue weighted by atomic mass is 16.5. The summed E-state index contributed by atoms with van der Waals surface area (Å²) in [6, 6.07) is 6.72. The van der Waals surface area contributed by atoms with Crippen LogP contribution in [0.3, 0.4) is 0 Å². The van der Waals surface area contributed by atoms with Crippen LogP contribution in [0.2, 0.25) is 0 Å². The zero-order valence-electron chi connectivity index (χ0n) is 16.7. The number of benzene rings is 1. The lowest BCUT2D eigenvalue weighted by molar-refractivity contribution is -0.123. The molecule has 2 rings (SSSR count). The lowest BCUT2D eigenvalue weighted by Gasteiger charge is -2.29. The Labute approximate surface area is 163 Å². The van der Waals surface area contributed by atoms with E-state index in [0.29, 0.717) is 19.8 Å². The quantitative estimate of drug-likeness (QED) is 0.411. The van der Waals surface area contributed by atoms with E-state index in [1.807, 2.05) is 6.92 Å². The Kier molecular flexibility index (Phi) is 8.98. The normalized spacial score (nSPS) is 18.4. The molecule has 27 heavy (non-hydrogen) atoms. The number of nitrogens with one attached hydrogen (secondary N) is 2. The molecule has 1 amide bonds. The summed E-state index contributed by atoms with van der Waals surface area (Å²) in [4.78, 5) is 11.9. The Balaban J connectivity index is 1.81. The number of ether oxygens (including phenoxy) is 1. The summed E-state index contributed by atoms with van der Waals surface area (Å²) in [7, 11) is 0. The van der Waals surface area contributed by atoms with Gasteiger partial charge in [-0.3, -0.25) is 4.79 Å². The standard InChI is InChI=1S/C22H34N2O3/c1-4-12-27-13-11-22(26)24-16(3)21(25)15-23-20-8-6-7-18-10-9-17(5-2)14-19(18)20/h4,9-10,14,16,20-21,23,25H,1,5-8,11-13,15H2,2-3H3,(H,24,26)/t16-,20-,21?/m0/s1. The van der Waals surface area contributed by atoms with Gasteiger partial charge in [-0.1, -0.05) is 31.2 Å². The predicted molar refractivity (Wildman–Crippen MR) is 109 cm³/mol. The summed E-state index contributed by atoms with van der Waals surface area (Å²) in [5.41, 5.74) is 4.12. The Bertz CT molecular complexity index is 618. The second kappa shape index (κ2) is 11.2. The van der Waals surface area contributed by atoms with Gasteiger partial charge in [0.2, 0.25) is 5.91 Å². The minimum atomic E-state index is -0.636. The molecule has 5 heteroatoms. The van der Waals surface area contributed by atoms with Gasteiger partial charge in [-0.25, -0.2) is 0 Å². The highest BCUT2D eigenvalue weighted by Crippen LogP contribution is 2.30. The van der Waals surface area contributed by atoms with Crippen LogP contribution in [0.4, 0.5) is 0 Å². The predicted octanol–water partition coefficient (Wildman–Crippen LogP) is 2.67. The molecule has 1 aromatic rings. The molecule has 3 N–H and O–H groups in total. The van der Waals surface area contributed by atoms with Crippen LogP contribution >= 0.6 is 0 Å². The van der Waals surface area contributed by atoms with Crippen molar-refractivity contribution in [2.45, 2.75) is 64.1 Å². The van der Waals surface area contributed by atoms with Gasteiger partial charge in [0.15, 0.2) is 0 Å². The van der Waals surface area contributed by atoms with E-state index in [9.17, 15) is 9.90 Å². The molecule has 3 atom stereocenters. The Morgan fingerprint density at radius 1 is 1.48 bits per heavy atom. The fourth-order valence-electron chi connectivity index (χ4n) is 3.47. The number of rotatable bonds is 11. The van der Waals surface area contributed by atoms with Crippen LogP contribution in [0.5, 0.6) is 0 Å². The zero-order valence-corrected chi connectivity index (χ0v) is 16.7. The minimum Gasteiger partial charge on any atom is -0.390 e. The molecule has 1 aromatic carbocycles. The number of carbonyl (C=O) groups excluding carboxylic acids is 1. The molecule has 0 heterocycles. The monoisotopic (exact) mass is 374 g/mol. The number of hydrogen-bond acceptors (Lipinski definition) is 4. The van der Waals surface area contributed by atoms with E-state index in [2.05, 4.69) is 42.3 Å². The van der Waals surface area contributed by atoms with Crippen LogP contribution in [-0.4, -0.2) is 42.9 Å². The summed E-state index contributed by atoms with van der Waals surface area (Å²) < 4.78 is 5.22. The molecular weight excluding hydrogens is 340 g/mol. The summed E-state index contributed by atoms with van der Waals surface area (Å²) in [6.45, 7) is 8.82. The molecule has 150 valence electrons. The number of hydrogen-bond donors (Lipinski definition) is 3. The molecule has 0 radical (unpaired) electrons. The van der Waals surface area contributed by atoms with Crippen molar-refractivity contribution >= 4 is 5.91 Å². The third-order valence-electron chi connectivity index (χ3n) is 5.18. The van der Waals surface area contributed by atoms with Gasteiger partial charge in [0.05, 0.1) is 25.4 Å². The maximum Gasteiger partial charge on any atom is 0.222 e. The van der Waals surface area contributed by atoms with E-state index >= 15 is 0 Å². The average molecular weight is 375 g/mol. The van der Waals surface area contributed by atoms with E-state index < -0.39 is 6.10 Å². The fourth-order valence-corrected chi connectivity index (χ4v) is 3.47. The number of aryl methyl sites for hydroxylation is 2. The first-order valence-electron chi connectivity index (χ1n) is 10.1. The number of amides is 1. The number of carbonyl (C=O) groups is 1. The van der Waals surface area contributed by atoms with Crippen molar-refractivity contribution in [2.24, 2.45) is 0 Å². The van der Waals surface area contributed by atoms with Gasteiger partial charge < -0.3 is 20.5 Å². The molecule has 0 fully saturated rings. The van der Waals surface area contributed by atoms with Crippen molar-refractivity contribution in [1.29, 1.82) is 0 Å². The number of aliphatic hydroxyl groups excluding tert-OH is 1. The van der Waals surface area contributed by atoms with Gasteiger partial charge in [-0.15, -0.1) is 6.58 Å². The molecule has 1 unspecified atom stereocenters. The van der Waals surface area contributed by atoms with Crippen LogP contribution in [-0.2, 0) is 22.4 Å². The van der Waals surface area contributed by atoms with E-state index in [1.165, 1.54) is 16.7 Å². The molecule has 1 aliphatic carbocycles. The first kappa shape index (κ1) is 21.6. The van der Waals surface area contributed by atoms with Gasteiger partial charge >= 0.3 is 0 Å². The molecule has 0 spiro atoms. The van der Waals surface area contributed by atoms with E-state index in [0.717, 1.165) is 25.7 Å². The van der Waals surface area contributed by atoms with Gasteiger partial charge in [0.1, 0.15) is 0 Å². The van der Waals surface area contributed by atoms with Gasteiger partial charge in [0.25, 0.3) is 0 Å². The third kappa shape index (κ3) is 6.76. The number of fused-ring (bicyclic) bond motifs is 1. The van der Waals surface area contributed by atoms with Gasteiger partial charge in [-0.2, -0.15) is 0 Å². The summed E-state index contributed by atoms with van der Waals surface area (Å²) in [6.07, 6.45) is 5.69. The lowest BCUT2D eigenvalue weighted by atomic mass is 9.86. The lowest BCUT2D eigenvalue weighted by Crippen LogP contribution is -2.46. The molecule has 0 saturated carbocycles. The summed E-state index contributed by atoms with van der Waals surface area (Å²) in [5.74, 6) is -0.110. The minimum absolute atomic E-state index is 0.110. The Morgan fingerprint density at radius 3 is 3.04 bits per heavy atom. The Morgan fingerprint density at radius 2 is 2.30 bits per heavy atom. The summed E-state index contributed by atoms with van der Waals surface area (Å²) >= 11 is 0. The topological polar surface area (TPSA) is 70.6 Å². The van der Waals surface area contributed by atoms with Gasteiger partial charge in [-0.05, 0) is 49.3 Å². The van der Waals surface area contributed by atoms with Gasteiger partial charge in [0, 0.05) is 19.0 Å². The first-order chi connectivity index (χ1) is 13.0.